The summed E-state index contributed by atoms with van der Waals surface area (Å²) in [6.07, 6.45) is 1.68. The Balaban J connectivity index is 1.65. The minimum absolute atomic E-state index is 0.0948. The monoisotopic (exact) mass is 358 g/mol. The molecule has 0 bridgehead atoms. The van der Waals surface area contributed by atoms with E-state index in [9.17, 15) is 9.59 Å². The van der Waals surface area contributed by atoms with E-state index in [0.29, 0.717) is 13.1 Å². The smallest absolute Gasteiger partial charge is 0.269 e. The molecule has 132 valence electrons. The fourth-order valence-corrected chi connectivity index (χ4v) is 3.96. The van der Waals surface area contributed by atoms with Crippen LogP contribution in [0.5, 0.6) is 0 Å². The molecule has 6 nitrogen and oxygen atoms in total. The number of hydrogen-bond donors (Lipinski definition) is 2. The van der Waals surface area contributed by atoms with Gasteiger partial charge in [-0.1, -0.05) is 19.1 Å². The van der Waals surface area contributed by atoms with Crippen molar-refractivity contribution in [3.8, 4) is 0 Å². The Hall–Kier alpha value is -2.28. The van der Waals surface area contributed by atoms with Crippen LogP contribution < -0.4 is 5.73 Å². The standard InChI is InChI=1S/C18H22N4O2S/c1-2-25-16-6-4-3-5-13(16)18(24)22-9-7-12(8-10-22)14-11-15(17(19)23)21-20-14/h3-6,11-12H,2,7-10H2,1H3,(H2,19,23)(H,20,21). The van der Waals surface area contributed by atoms with Crippen molar-refractivity contribution in [2.24, 2.45) is 5.73 Å². The zero-order valence-electron chi connectivity index (χ0n) is 14.2. The first-order chi connectivity index (χ1) is 12.1. The molecule has 3 N–H and O–H groups in total. The van der Waals surface area contributed by atoms with Crippen molar-refractivity contribution in [1.82, 2.24) is 15.1 Å². The van der Waals surface area contributed by atoms with Crippen LogP contribution in [0.25, 0.3) is 0 Å². The molecule has 0 atom stereocenters. The van der Waals surface area contributed by atoms with Gasteiger partial charge >= 0.3 is 0 Å². The van der Waals surface area contributed by atoms with Gasteiger partial charge in [-0.2, -0.15) is 5.10 Å². The molecule has 0 radical (unpaired) electrons. The topological polar surface area (TPSA) is 92.1 Å². The number of aromatic nitrogens is 2. The fourth-order valence-electron chi connectivity index (χ4n) is 3.16. The van der Waals surface area contributed by atoms with Gasteiger partial charge in [0.1, 0.15) is 5.69 Å². The molecule has 0 spiro atoms. The zero-order chi connectivity index (χ0) is 17.8. The SMILES string of the molecule is CCSc1ccccc1C(=O)N1CCC(c2cc(C(N)=O)n[nH]2)CC1. The summed E-state index contributed by atoms with van der Waals surface area (Å²) in [7, 11) is 0. The predicted octanol–water partition coefficient (Wildman–Crippen LogP) is 2.64. The van der Waals surface area contributed by atoms with Gasteiger partial charge in [-0.15, -0.1) is 11.8 Å². The number of piperidine rings is 1. The molecule has 2 amide bonds. The summed E-state index contributed by atoms with van der Waals surface area (Å²) >= 11 is 1.69. The van der Waals surface area contributed by atoms with Crippen LogP contribution in [0.15, 0.2) is 35.2 Å². The Morgan fingerprint density at radius 1 is 1.32 bits per heavy atom. The second-order valence-electron chi connectivity index (χ2n) is 6.07. The third kappa shape index (κ3) is 3.87. The van der Waals surface area contributed by atoms with Gasteiger partial charge in [0, 0.05) is 29.6 Å². The number of amides is 2. The highest BCUT2D eigenvalue weighted by Crippen LogP contribution is 2.29. The number of H-pyrrole nitrogens is 1. The molecule has 3 rings (SSSR count). The van der Waals surface area contributed by atoms with E-state index in [-0.39, 0.29) is 17.5 Å². The molecular weight excluding hydrogens is 336 g/mol. The Morgan fingerprint density at radius 3 is 2.68 bits per heavy atom. The molecule has 1 aromatic heterocycles. The molecule has 2 aromatic rings. The minimum atomic E-state index is -0.528. The fraction of sp³-hybridized carbons (Fsp3) is 0.389. The van der Waals surface area contributed by atoms with Gasteiger partial charge < -0.3 is 10.6 Å². The number of benzene rings is 1. The molecule has 25 heavy (non-hydrogen) atoms. The lowest BCUT2D eigenvalue weighted by Gasteiger charge is -2.32. The maximum absolute atomic E-state index is 12.9. The van der Waals surface area contributed by atoms with Crippen molar-refractivity contribution in [2.75, 3.05) is 18.8 Å². The molecule has 0 saturated carbocycles. The lowest BCUT2D eigenvalue weighted by molar-refractivity contribution is 0.0708. The largest absolute Gasteiger partial charge is 0.364 e. The first-order valence-electron chi connectivity index (χ1n) is 8.46. The zero-order valence-corrected chi connectivity index (χ0v) is 15.0. The van der Waals surface area contributed by atoms with Crippen molar-refractivity contribution >= 4 is 23.6 Å². The van der Waals surface area contributed by atoms with Crippen LogP contribution in [-0.4, -0.2) is 45.8 Å². The van der Waals surface area contributed by atoms with E-state index >= 15 is 0 Å². The summed E-state index contributed by atoms with van der Waals surface area (Å²) in [4.78, 5) is 27.0. The van der Waals surface area contributed by atoms with E-state index in [1.807, 2.05) is 29.2 Å². The molecule has 1 aromatic carbocycles. The van der Waals surface area contributed by atoms with Crippen LogP contribution in [0.4, 0.5) is 0 Å². The Labute approximate surface area is 151 Å². The molecule has 1 aliphatic heterocycles. The Kier molecular flexibility index (Phi) is 5.43. The van der Waals surface area contributed by atoms with E-state index < -0.39 is 5.91 Å². The third-order valence-corrected chi connectivity index (χ3v) is 5.45. The molecule has 7 heteroatoms. The van der Waals surface area contributed by atoms with E-state index in [1.165, 1.54) is 0 Å². The van der Waals surface area contributed by atoms with Crippen LogP contribution in [0.2, 0.25) is 0 Å². The average Bonchev–Trinajstić information content (AvgIpc) is 3.12. The van der Waals surface area contributed by atoms with E-state index in [4.69, 9.17) is 5.73 Å². The number of hydrogen-bond acceptors (Lipinski definition) is 4. The summed E-state index contributed by atoms with van der Waals surface area (Å²) in [5.74, 6) is 0.775. The number of aromatic amines is 1. The summed E-state index contributed by atoms with van der Waals surface area (Å²) < 4.78 is 0. The summed E-state index contributed by atoms with van der Waals surface area (Å²) in [5.41, 5.74) is 7.21. The number of rotatable bonds is 5. The highest BCUT2D eigenvalue weighted by atomic mass is 32.2. The maximum Gasteiger partial charge on any atom is 0.269 e. The maximum atomic E-state index is 12.9. The van der Waals surface area contributed by atoms with Crippen molar-refractivity contribution in [1.29, 1.82) is 0 Å². The number of nitrogens with zero attached hydrogens (tertiary/aromatic N) is 2. The van der Waals surface area contributed by atoms with Gasteiger partial charge in [-0.25, -0.2) is 0 Å². The number of primary amides is 1. The predicted molar refractivity (Wildman–Crippen MR) is 97.8 cm³/mol. The van der Waals surface area contributed by atoms with Crippen LogP contribution in [0.1, 0.15) is 52.2 Å². The minimum Gasteiger partial charge on any atom is -0.364 e. The summed E-state index contributed by atoms with van der Waals surface area (Å²) in [6.45, 7) is 3.47. The number of thioether (sulfide) groups is 1. The van der Waals surface area contributed by atoms with Crippen LogP contribution in [-0.2, 0) is 0 Å². The molecule has 0 aliphatic carbocycles. The highest BCUT2D eigenvalue weighted by molar-refractivity contribution is 7.99. The number of nitrogens with one attached hydrogen (secondary N) is 1. The quantitative estimate of drug-likeness (QED) is 0.804. The highest BCUT2D eigenvalue weighted by Gasteiger charge is 2.27. The number of likely N-dealkylation sites (tertiary alicyclic amines) is 1. The van der Waals surface area contributed by atoms with Gasteiger partial charge in [0.15, 0.2) is 0 Å². The molecule has 1 saturated heterocycles. The normalized spacial score (nSPS) is 15.3. The second-order valence-corrected chi connectivity index (χ2v) is 7.37. The number of carbonyl (C=O) groups excluding carboxylic acids is 2. The molecule has 2 heterocycles. The van der Waals surface area contributed by atoms with Gasteiger partial charge in [-0.3, -0.25) is 14.7 Å². The van der Waals surface area contributed by atoms with Gasteiger partial charge in [0.25, 0.3) is 11.8 Å². The molecular formula is C18H22N4O2S. The lowest BCUT2D eigenvalue weighted by Crippen LogP contribution is -2.38. The van der Waals surface area contributed by atoms with Gasteiger partial charge in [0.05, 0.1) is 5.56 Å². The van der Waals surface area contributed by atoms with Crippen molar-refractivity contribution in [2.45, 2.75) is 30.6 Å². The van der Waals surface area contributed by atoms with Crippen molar-refractivity contribution in [3.63, 3.8) is 0 Å². The average molecular weight is 358 g/mol. The van der Waals surface area contributed by atoms with Gasteiger partial charge in [0.2, 0.25) is 0 Å². The first-order valence-corrected chi connectivity index (χ1v) is 9.45. The Bertz CT molecular complexity index is 766. The molecule has 0 unspecified atom stereocenters. The van der Waals surface area contributed by atoms with E-state index in [2.05, 4.69) is 17.1 Å². The van der Waals surface area contributed by atoms with Crippen molar-refractivity contribution in [3.05, 3.63) is 47.3 Å². The summed E-state index contributed by atoms with van der Waals surface area (Å²) in [6, 6.07) is 9.51. The van der Waals surface area contributed by atoms with Crippen molar-refractivity contribution < 1.29 is 9.59 Å². The van der Waals surface area contributed by atoms with Crippen LogP contribution >= 0.6 is 11.8 Å². The Morgan fingerprint density at radius 2 is 2.04 bits per heavy atom. The van der Waals surface area contributed by atoms with Crippen LogP contribution in [0, 0.1) is 0 Å². The van der Waals surface area contributed by atoms with E-state index in [0.717, 1.165) is 34.7 Å². The lowest BCUT2D eigenvalue weighted by atomic mass is 9.93. The second kappa shape index (κ2) is 7.74. The third-order valence-electron chi connectivity index (χ3n) is 4.49. The van der Waals surface area contributed by atoms with Crippen LogP contribution in [0.3, 0.4) is 0 Å². The van der Waals surface area contributed by atoms with E-state index in [1.54, 1.807) is 17.8 Å². The molecule has 1 aliphatic rings. The number of nitrogens with two attached hydrogens (primary N) is 1. The first kappa shape index (κ1) is 17.5. The van der Waals surface area contributed by atoms with Gasteiger partial charge in [-0.05, 0) is 36.8 Å². The molecule has 1 fully saturated rings. The summed E-state index contributed by atoms with van der Waals surface area (Å²) in [5, 5.41) is 6.84. The number of carbonyl (C=O) groups is 2.